The molecule has 1 aliphatic rings. The highest BCUT2D eigenvalue weighted by molar-refractivity contribution is 5.96. The maximum Gasteiger partial charge on any atom is 0.251 e. The highest BCUT2D eigenvalue weighted by Crippen LogP contribution is 2.30. The number of ether oxygens (including phenoxy) is 1. The molecule has 0 unspecified atom stereocenters. The standard InChI is InChI=1S/C17H24N2O3/c1-17(13-22-2)8-10-19(11-9-17)15(20)12-18-16(21)14-6-4-3-5-7-14/h3-7H,8-13H2,1-2H3,(H,18,21). The number of nitrogens with one attached hydrogen (secondary N) is 1. The molecule has 0 aromatic heterocycles. The fourth-order valence-corrected chi connectivity index (χ4v) is 2.75. The minimum Gasteiger partial charge on any atom is -0.384 e. The van der Waals surface area contributed by atoms with Crippen LogP contribution in [0.5, 0.6) is 0 Å². The normalized spacial score (nSPS) is 17.1. The van der Waals surface area contributed by atoms with E-state index < -0.39 is 0 Å². The predicted octanol–water partition coefficient (Wildman–Crippen LogP) is 1.69. The van der Waals surface area contributed by atoms with Crippen molar-refractivity contribution in [3.05, 3.63) is 35.9 Å². The molecule has 1 heterocycles. The summed E-state index contributed by atoms with van der Waals surface area (Å²) in [6.07, 6.45) is 1.86. The van der Waals surface area contributed by atoms with E-state index >= 15 is 0 Å². The van der Waals surface area contributed by atoms with Gasteiger partial charge in [-0.25, -0.2) is 0 Å². The number of likely N-dealkylation sites (tertiary alicyclic amines) is 1. The van der Waals surface area contributed by atoms with Gasteiger partial charge in [0.05, 0.1) is 13.2 Å². The van der Waals surface area contributed by atoms with E-state index in [-0.39, 0.29) is 23.8 Å². The molecule has 1 aromatic carbocycles. The molecule has 22 heavy (non-hydrogen) atoms. The summed E-state index contributed by atoms with van der Waals surface area (Å²) in [5.41, 5.74) is 0.723. The van der Waals surface area contributed by atoms with Crippen molar-refractivity contribution in [2.24, 2.45) is 5.41 Å². The van der Waals surface area contributed by atoms with E-state index in [4.69, 9.17) is 4.74 Å². The van der Waals surface area contributed by atoms with Crippen molar-refractivity contribution in [1.82, 2.24) is 10.2 Å². The first kappa shape index (κ1) is 16.5. The second-order valence-corrected chi connectivity index (χ2v) is 6.17. The molecule has 2 rings (SSSR count). The van der Waals surface area contributed by atoms with Crippen molar-refractivity contribution in [2.75, 3.05) is 33.4 Å². The first-order valence-corrected chi connectivity index (χ1v) is 7.64. The smallest absolute Gasteiger partial charge is 0.251 e. The van der Waals surface area contributed by atoms with Gasteiger partial charge in [0.1, 0.15) is 0 Å². The van der Waals surface area contributed by atoms with Crippen molar-refractivity contribution in [3.63, 3.8) is 0 Å². The molecule has 5 nitrogen and oxygen atoms in total. The Balaban J connectivity index is 1.78. The molecule has 1 aliphatic heterocycles. The van der Waals surface area contributed by atoms with E-state index in [0.717, 1.165) is 32.5 Å². The van der Waals surface area contributed by atoms with Gasteiger partial charge in [0, 0.05) is 25.8 Å². The van der Waals surface area contributed by atoms with Crippen molar-refractivity contribution in [1.29, 1.82) is 0 Å². The molecule has 5 heteroatoms. The molecule has 0 spiro atoms. The fraction of sp³-hybridized carbons (Fsp3) is 0.529. The number of methoxy groups -OCH3 is 1. The highest BCUT2D eigenvalue weighted by atomic mass is 16.5. The van der Waals surface area contributed by atoms with Crippen LogP contribution < -0.4 is 5.32 Å². The van der Waals surface area contributed by atoms with Gasteiger partial charge in [0.15, 0.2) is 0 Å². The summed E-state index contributed by atoms with van der Waals surface area (Å²) in [6.45, 7) is 4.41. The minimum atomic E-state index is -0.213. The molecular weight excluding hydrogens is 280 g/mol. The molecule has 120 valence electrons. The highest BCUT2D eigenvalue weighted by Gasteiger charge is 2.31. The van der Waals surface area contributed by atoms with Crippen LogP contribution in [0.25, 0.3) is 0 Å². The number of rotatable bonds is 5. The van der Waals surface area contributed by atoms with Crippen LogP contribution >= 0.6 is 0 Å². The molecule has 1 fully saturated rings. The van der Waals surface area contributed by atoms with Crippen LogP contribution in [-0.4, -0.2) is 50.1 Å². The number of amides is 2. The number of nitrogens with zero attached hydrogens (tertiary/aromatic N) is 1. The Morgan fingerprint density at radius 3 is 2.45 bits per heavy atom. The third-order valence-electron chi connectivity index (χ3n) is 4.25. The Bertz CT molecular complexity index is 508. The monoisotopic (exact) mass is 304 g/mol. The molecule has 2 amide bonds. The van der Waals surface area contributed by atoms with Crippen LogP contribution in [0.3, 0.4) is 0 Å². The van der Waals surface area contributed by atoms with E-state index in [9.17, 15) is 9.59 Å². The largest absolute Gasteiger partial charge is 0.384 e. The Morgan fingerprint density at radius 1 is 1.23 bits per heavy atom. The number of carbonyl (C=O) groups excluding carboxylic acids is 2. The van der Waals surface area contributed by atoms with E-state index in [0.29, 0.717) is 5.56 Å². The maximum atomic E-state index is 12.2. The van der Waals surface area contributed by atoms with Gasteiger partial charge >= 0.3 is 0 Å². The van der Waals surface area contributed by atoms with Crippen LogP contribution in [-0.2, 0) is 9.53 Å². The van der Waals surface area contributed by atoms with Crippen LogP contribution in [0.4, 0.5) is 0 Å². The summed E-state index contributed by atoms with van der Waals surface area (Å²) in [4.78, 5) is 25.9. The number of hydrogen-bond acceptors (Lipinski definition) is 3. The predicted molar refractivity (Wildman–Crippen MR) is 84.6 cm³/mol. The van der Waals surface area contributed by atoms with Crippen LogP contribution in [0.15, 0.2) is 30.3 Å². The minimum absolute atomic E-state index is 0.0243. The molecule has 0 aliphatic carbocycles. The Labute approximate surface area is 131 Å². The number of benzene rings is 1. The first-order valence-electron chi connectivity index (χ1n) is 7.64. The zero-order valence-electron chi connectivity index (χ0n) is 13.3. The molecule has 1 saturated heterocycles. The lowest BCUT2D eigenvalue weighted by atomic mass is 9.81. The third-order valence-corrected chi connectivity index (χ3v) is 4.25. The summed E-state index contributed by atoms with van der Waals surface area (Å²) < 4.78 is 5.25. The second-order valence-electron chi connectivity index (χ2n) is 6.17. The summed E-state index contributed by atoms with van der Waals surface area (Å²) in [5, 5.41) is 2.69. The summed E-state index contributed by atoms with van der Waals surface area (Å²) in [6, 6.07) is 8.93. The summed E-state index contributed by atoms with van der Waals surface area (Å²) >= 11 is 0. The van der Waals surface area contributed by atoms with Crippen molar-refractivity contribution in [3.8, 4) is 0 Å². The zero-order chi connectivity index (χ0) is 16.0. The van der Waals surface area contributed by atoms with Crippen molar-refractivity contribution < 1.29 is 14.3 Å². The fourth-order valence-electron chi connectivity index (χ4n) is 2.75. The molecule has 0 bridgehead atoms. The van der Waals surface area contributed by atoms with Crippen LogP contribution in [0.2, 0.25) is 0 Å². The van der Waals surface area contributed by atoms with Crippen LogP contribution in [0.1, 0.15) is 30.1 Å². The molecule has 1 N–H and O–H groups in total. The Morgan fingerprint density at radius 2 is 1.86 bits per heavy atom. The van der Waals surface area contributed by atoms with Gasteiger partial charge in [-0.15, -0.1) is 0 Å². The van der Waals surface area contributed by atoms with Crippen molar-refractivity contribution in [2.45, 2.75) is 19.8 Å². The summed E-state index contributed by atoms with van der Waals surface area (Å²) in [7, 11) is 1.71. The lowest BCUT2D eigenvalue weighted by Gasteiger charge is -2.39. The van der Waals surface area contributed by atoms with E-state index in [2.05, 4.69) is 12.2 Å². The van der Waals surface area contributed by atoms with Crippen LogP contribution in [0, 0.1) is 5.41 Å². The van der Waals surface area contributed by atoms with Gasteiger partial charge in [0.25, 0.3) is 5.91 Å². The average Bonchev–Trinajstić information content (AvgIpc) is 2.54. The molecular formula is C17H24N2O3. The number of carbonyl (C=O) groups is 2. The van der Waals surface area contributed by atoms with E-state index in [1.54, 1.807) is 31.4 Å². The molecule has 0 radical (unpaired) electrons. The van der Waals surface area contributed by atoms with Gasteiger partial charge in [-0.3, -0.25) is 9.59 Å². The van der Waals surface area contributed by atoms with Crippen molar-refractivity contribution >= 4 is 11.8 Å². The summed E-state index contributed by atoms with van der Waals surface area (Å²) in [5.74, 6) is -0.237. The molecule has 1 aromatic rings. The Kier molecular flexibility index (Phi) is 5.55. The van der Waals surface area contributed by atoms with Gasteiger partial charge < -0.3 is 15.0 Å². The number of piperidine rings is 1. The van der Waals surface area contributed by atoms with Gasteiger partial charge in [-0.2, -0.15) is 0 Å². The SMILES string of the molecule is COCC1(C)CCN(C(=O)CNC(=O)c2ccccc2)CC1. The van der Waals surface area contributed by atoms with E-state index in [1.165, 1.54) is 0 Å². The van der Waals surface area contributed by atoms with E-state index in [1.807, 2.05) is 11.0 Å². The quantitative estimate of drug-likeness (QED) is 0.900. The lowest BCUT2D eigenvalue weighted by molar-refractivity contribution is -0.132. The molecule has 0 saturated carbocycles. The Hall–Kier alpha value is -1.88. The van der Waals surface area contributed by atoms with Gasteiger partial charge in [0.2, 0.25) is 5.91 Å². The zero-order valence-corrected chi connectivity index (χ0v) is 13.3. The third kappa shape index (κ3) is 4.31. The molecule has 0 atom stereocenters. The lowest BCUT2D eigenvalue weighted by Crippen LogP contribution is -2.47. The maximum absolute atomic E-state index is 12.2. The van der Waals surface area contributed by atoms with Gasteiger partial charge in [-0.1, -0.05) is 25.1 Å². The second kappa shape index (κ2) is 7.40. The average molecular weight is 304 g/mol. The topological polar surface area (TPSA) is 58.6 Å². The first-order chi connectivity index (χ1) is 10.5. The van der Waals surface area contributed by atoms with Gasteiger partial charge in [-0.05, 0) is 30.4 Å². The number of hydrogen-bond donors (Lipinski definition) is 1.